The monoisotopic (exact) mass is 428 g/mol. The van der Waals surface area contributed by atoms with Crippen LogP contribution in [0.5, 0.6) is 11.5 Å². The molecule has 1 aromatic carbocycles. The number of methoxy groups -OCH3 is 2. The molecule has 2 N–H and O–H groups in total. The number of anilines is 1. The van der Waals surface area contributed by atoms with E-state index in [-0.39, 0.29) is 11.9 Å². The summed E-state index contributed by atoms with van der Waals surface area (Å²) >= 11 is 1.38. The minimum atomic E-state index is -0.0913. The Kier molecular flexibility index (Phi) is 6.01. The summed E-state index contributed by atoms with van der Waals surface area (Å²) in [5.74, 6) is 1.94. The number of amides is 1. The highest BCUT2D eigenvalue weighted by atomic mass is 32.1. The van der Waals surface area contributed by atoms with Gasteiger partial charge in [-0.05, 0) is 25.0 Å². The van der Waals surface area contributed by atoms with Gasteiger partial charge in [-0.15, -0.1) is 11.3 Å². The van der Waals surface area contributed by atoms with E-state index in [1.807, 2.05) is 25.1 Å². The number of benzene rings is 1. The molecule has 1 aliphatic heterocycles. The molecule has 2 aromatic heterocycles. The van der Waals surface area contributed by atoms with E-state index in [1.165, 1.54) is 17.7 Å². The molecule has 0 spiro atoms. The highest BCUT2D eigenvalue weighted by Crippen LogP contribution is 2.35. The van der Waals surface area contributed by atoms with Crippen molar-refractivity contribution in [1.82, 2.24) is 15.3 Å². The second-order valence-corrected chi connectivity index (χ2v) is 8.00. The summed E-state index contributed by atoms with van der Waals surface area (Å²) in [4.78, 5) is 23.0. The molecule has 4 rings (SSSR count). The first kappa shape index (κ1) is 20.4. The second-order valence-electron chi connectivity index (χ2n) is 7.00. The summed E-state index contributed by atoms with van der Waals surface area (Å²) in [6, 6.07) is 5.80. The third-order valence-corrected chi connectivity index (χ3v) is 6.33. The van der Waals surface area contributed by atoms with E-state index in [0.29, 0.717) is 42.0 Å². The van der Waals surface area contributed by atoms with Crippen LogP contribution in [0.3, 0.4) is 0 Å². The topological polar surface area (TPSA) is 94.6 Å². The number of nitrogens with one attached hydrogen (secondary N) is 2. The van der Waals surface area contributed by atoms with Crippen molar-refractivity contribution in [2.45, 2.75) is 25.9 Å². The highest BCUT2D eigenvalue weighted by molar-refractivity contribution is 7.20. The van der Waals surface area contributed by atoms with Crippen LogP contribution >= 0.6 is 11.3 Å². The van der Waals surface area contributed by atoms with E-state index in [0.717, 1.165) is 27.8 Å². The summed E-state index contributed by atoms with van der Waals surface area (Å²) in [6.45, 7) is 3.66. The van der Waals surface area contributed by atoms with Crippen molar-refractivity contribution in [3.63, 3.8) is 0 Å². The SMILES string of the molecule is COc1cccc(CNc2ncnc3sc(C(=O)NC4CCOC4)c(C)c23)c1OC. The van der Waals surface area contributed by atoms with Crippen LogP contribution in [0.1, 0.15) is 27.2 Å². The summed E-state index contributed by atoms with van der Waals surface area (Å²) in [5, 5.41) is 7.27. The van der Waals surface area contributed by atoms with Gasteiger partial charge in [0.25, 0.3) is 5.91 Å². The average Bonchev–Trinajstić information content (AvgIpc) is 3.39. The molecule has 158 valence electrons. The van der Waals surface area contributed by atoms with E-state index < -0.39 is 0 Å². The summed E-state index contributed by atoms with van der Waals surface area (Å²) < 4.78 is 16.2. The number of nitrogens with zero attached hydrogens (tertiary/aromatic N) is 2. The maximum atomic E-state index is 12.8. The molecule has 1 amide bonds. The fraction of sp³-hybridized carbons (Fsp3) is 0.381. The Morgan fingerprint density at radius 2 is 2.17 bits per heavy atom. The number of aryl methyl sites for hydroxylation is 1. The largest absolute Gasteiger partial charge is 0.493 e. The molecule has 9 heteroatoms. The Hall–Kier alpha value is -2.91. The molecule has 0 aliphatic carbocycles. The number of para-hydroxylation sites is 1. The molecule has 1 unspecified atom stereocenters. The maximum absolute atomic E-state index is 12.8. The van der Waals surface area contributed by atoms with E-state index >= 15 is 0 Å². The third-order valence-electron chi connectivity index (χ3n) is 5.13. The molecule has 1 aliphatic rings. The Balaban J connectivity index is 1.59. The van der Waals surface area contributed by atoms with Crippen molar-refractivity contribution < 1.29 is 19.0 Å². The van der Waals surface area contributed by atoms with Crippen molar-refractivity contribution in [2.24, 2.45) is 0 Å². The predicted molar refractivity (Wildman–Crippen MR) is 116 cm³/mol. The Labute approximate surface area is 178 Å². The van der Waals surface area contributed by atoms with Crippen LogP contribution in [-0.2, 0) is 11.3 Å². The molecule has 1 atom stereocenters. The highest BCUT2D eigenvalue weighted by Gasteiger charge is 2.23. The lowest BCUT2D eigenvalue weighted by Gasteiger charge is -2.14. The summed E-state index contributed by atoms with van der Waals surface area (Å²) in [6.07, 6.45) is 2.35. The molecule has 1 saturated heterocycles. The van der Waals surface area contributed by atoms with Crippen LogP contribution in [0.25, 0.3) is 10.2 Å². The first-order valence-electron chi connectivity index (χ1n) is 9.68. The average molecular weight is 429 g/mol. The van der Waals surface area contributed by atoms with Gasteiger partial charge in [-0.1, -0.05) is 12.1 Å². The van der Waals surface area contributed by atoms with Gasteiger partial charge in [0.1, 0.15) is 17.0 Å². The Morgan fingerprint density at radius 3 is 2.90 bits per heavy atom. The minimum Gasteiger partial charge on any atom is -0.493 e. The van der Waals surface area contributed by atoms with Crippen molar-refractivity contribution >= 4 is 33.3 Å². The van der Waals surface area contributed by atoms with Crippen LogP contribution < -0.4 is 20.1 Å². The standard InChI is InChI=1S/C21H24N4O4S/c1-12-16-19(22-9-13-5-4-6-15(27-2)17(13)28-3)23-11-24-21(16)30-18(12)20(26)25-14-7-8-29-10-14/h4-6,11,14H,7-10H2,1-3H3,(H,25,26)(H,22,23,24). The quantitative estimate of drug-likeness (QED) is 0.597. The number of carbonyl (C=O) groups is 1. The molecule has 0 radical (unpaired) electrons. The zero-order valence-electron chi connectivity index (χ0n) is 17.2. The maximum Gasteiger partial charge on any atom is 0.262 e. The first-order valence-corrected chi connectivity index (χ1v) is 10.5. The molecular formula is C21H24N4O4S. The normalized spacial score (nSPS) is 15.9. The van der Waals surface area contributed by atoms with Crippen LogP contribution in [0.2, 0.25) is 0 Å². The number of ether oxygens (including phenoxy) is 3. The van der Waals surface area contributed by atoms with Crippen LogP contribution in [0, 0.1) is 6.92 Å². The lowest BCUT2D eigenvalue weighted by molar-refractivity contribution is 0.0933. The van der Waals surface area contributed by atoms with Crippen molar-refractivity contribution in [1.29, 1.82) is 0 Å². The fourth-order valence-corrected chi connectivity index (χ4v) is 4.65. The van der Waals surface area contributed by atoms with Gasteiger partial charge < -0.3 is 24.8 Å². The van der Waals surface area contributed by atoms with Crippen molar-refractivity contribution in [2.75, 3.05) is 32.8 Å². The molecular weight excluding hydrogens is 404 g/mol. The van der Waals surface area contributed by atoms with Crippen LogP contribution in [-0.4, -0.2) is 49.4 Å². The number of rotatable bonds is 7. The van der Waals surface area contributed by atoms with Gasteiger partial charge in [-0.2, -0.15) is 0 Å². The van der Waals surface area contributed by atoms with Crippen molar-refractivity contribution in [3.05, 3.63) is 40.5 Å². The fourth-order valence-electron chi connectivity index (χ4n) is 3.59. The molecule has 0 saturated carbocycles. The van der Waals surface area contributed by atoms with E-state index in [2.05, 4.69) is 20.6 Å². The number of thiophene rings is 1. The number of hydrogen-bond acceptors (Lipinski definition) is 8. The lowest BCUT2D eigenvalue weighted by Crippen LogP contribution is -2.34. The number of fused-ring (bicyclic) bond motifs is 1. The van der Waals surface area contributed by atoms with E-state index in [9.17, 15) is 4.79 Å². The summed E-state index contributed by atoms with van der Waals surface area (Å²) in [5.41, 5.74) is 1.81. The van der Waals surface area contributed by atoms with Crippen LogP contribution in [0.15, 0.2) is 24.5 Å². The molecule has 8 nitrogen and oxygen atoms in total. The number of aromatic nitrogens is 2. The van der Waals surface area contributed by atoms with Gasteiger partial charge in [-0.3, -0.25) is 4.79 Å². The predicted octanol–water partition coefficient (Wildman–Crippen LogP) is 3.15. The third kappa shape index (κ3) is 3.90. The first-order chi connectivity index (χ1) is 14.6. The zero-order valence-corrected chi connectivity index (χ0v) is 18.0. The van der Waals surface area contributed by atoms with Gasteiger partial charge in [0.05, 0.1) is 37.1 Å². The summed E-state index contributed by atoms with van der Waals surface area (Å²) in [7, 11) is 3.23. The van der Waals surface area contributed by atoms with Gasteiger partial charge in [0.2, 0.25) is 0 Å². The number of carbonyl (C=O) groups excluding carboxylic acids is 1. The van der Waals surface area contributed by atoms with E-state index in [1.54, 1.807) is 14.2 Å². The second kappa shape index (κ2) is 8.85. The van der Waals surface area contributed by atoms with Gasteiger partial charge in [0, 0.05) is 18.7 Å². The Morgan fingerprint density at radius 1 is 1.30 bits per heavy atom. The number of hydrogen-bond donors (Lipinski definition) is 2. The van der Waals surface area contributed by atoms with Gasteiger partial charge in [-0.25, -0.2) is 9.97 Å². The van der Waals surface area contributed by atoms with E-state index in [4.69, 9.17) is 14.2 Å². The molecule has 3 aromatic rings. The Bertz CT molecular complexity index is 1060. The zero-order chi connectivity index (χ0) is 21.1. The van der Waals surface area contributed by atoms with Gasteiger partial charge >= 0.3 is 0 Å². The van der Waals surface area contributed by atoms with Gasteiger partial charge in [0.15, 0.2) is 11.5 Å². The molecule has 0 bridgehead atoms. The smallest absolute Gasteiger partial charge is 0.262 e. The van der Waals surface area contributed by atoms with Crippen LogP contribution in [0.4, 0.5) is 5.82 Å². The molecule has 30 heavy (non-hydrogen) atoms. The minimum absolute atomic E-state index is 0.0614. The molecule has 1 fully saturated rings. The lowest BCUT2D eigenvalue weighted by atomic mass is 10.1. The van der Waals surface area contributed by atoms with Crippen molar-refractivity contribution in [3.8, 4) is 11.5 Å². The molecule has 3 heterocycles.